The second-order valence-corrected chi connectivity index (χ2v) is 7.36. The molecular formula is C17H32ClN3O. The highest BCUT2D eigenvalue weighted by molar-refractivity contribution is 5.85. The SMILES string of the molecule is CCC1CCCCN1C(=O)CN1CC2CCCC(N)C2C1.Cl. The van der Waals surface area contributed by atoms with E-state index in [9.17, 15) is 4.79 Å². The average molecular weight is 330 g/mol. The summed E-state index contributed by atoms with van der Waals surface area (Å²) in [5, 5.41) is 0. The van der Waals surface area contributed by atoms with Gasteiger partial charge in [-0.1, -0.05) is 13.3 Å². The molecule has 0 radical (unpaired) electrons. The molecule has 5 heteroatoms. The minimum absolute atomic E-state index is 0. The van der Waals surface area contributed by atoms with Crippen LogP contribution in [0.15, 0.2) is 0 Å². The van der Waals surface area contributed by atoms with Crippen molar-refractivity contribution in [2.75, 3.05) is 26.2 Å². The molecule has 3 fully saturated rings. The minimum Gasteiger partial charge on any atom is -0.339 e. The van der Waals surface area contributed by atoms with Gasteiger partial charge >= 0.3 is 0 Å². The lowest BCUT2D eigenvalue weighted by molar-refractivity contribution is -0.136. The highest BCUT2D eigenvalue weighted by atomic mass is 35.5. The Hall–Kier alpha value is -0.320. The summed E-state index contributed by atoms with van der Waals surface area (Å²) in [6.07, 6.45) is 8.51. The molecule has 3 aliphatic rings. The summed E-state index contributed by atoms with van der Waals surface area (Å²) in [5.74, 6) is 1.73. The second-order valence-electron chi connectivity index (χ2n) is 7.36. The Kier molecular flexibility index (Phi) is 6.54. The lowest BCUT2D eigenvalue weighted by atomic mass is 9.78. The third-order valence-corrected chi connectivity index (χ3v) is 6.01. The number of nitrogens with two attached hydrogens (primary N) is 1. The molecule has 0 aromatic rings. The van der Waals surface area contributed by atoms with Crippen LogP contribution in [0.25, 0.3) is 0 Å². The van der Waals surface area contributed by atoms with Gasteiger partial charge in [-0.15, -0.1) is 12.4 Å². The van der Waals surface area contributed by atoms with Gasteiger partial charge in [-0.25, -0.2) is 0 Å². The first-order chi connectivity index (χ1) is 10.2. The van der Waals surface area contributed by atoms with Crippen LogP contribution in [0.3, 0.4) is 0 Å². The van der Waals surface area contributed by atoms with Gasteiger partial charge in [0.25, 0.3) is 0 Å². The number of amides is 1. The summed E-state index contributed by atoms with van der Waals surface area (Å²) in [6.45, 7) is 5.93. The topological polar surface area (TPSA) is 49.6 Å². The van der Waals surface area contributed by atoms with Crippen molar-refractivity contribution in [1.29, 1.82) is 0 Å². The van der Waals surface area contributed by atoms with Crippen molar-refractivity contribution in [1.82, 2.24) is 9.80 Å². The van der Waals surface area contributed by atoms with Crippen molar-refractivity contribution >= 4 is 18.3 Å². The maximum absolute atomic E-state index is 12.7. The first-order valence-corrected chi connectivity index (χ1v) is 8.96. The summed E-state index contributed by atoms with van der Waals surface area (Å²) < 4.78 is 0. The van der Waals surface area contributed by atoms with Crippen molar-refractivity contribution in [3.8, 4) is 0 Å². The Labute approximate surface area is 141 Å². The molecule has 1 saturated carbocycles. The predicted octanol–water partition coefficient (Wildman–Crippen LogP) is 2.26. The molecular weight excluding hydrogens is 298 g/mol. The highest BCUT2D eigenvalue weighted by Gasteiger charge is 2.39. The number of halogens is 1. The smallest absolute Gasteiger partial charge is 0.236 e. The monoisotopic (exact) mass is 329 g/mol. The van der Waals surface area contributed by atoms with Crippen LogP contribution in [0.1, 0.15) is 51.9 Å². The van der Waals surface area contributed by atoms with E-state index >= 15 is 0 Å². The van der Waals surface area contributed by atoms with Gasteiger partial charge in [-0.05, 0) is 50.4 Å². The fourth-order valence-corrected chi connectivity index (χ4v) is 4.77. The van der Waals surface area contributed by atoms with Gasteiger partial charge in [0.15, 0.2) is 0 Å². The summed E-state index contributed by atoms with van der Waals surface area (Å²) in [5.41, 5.74) is 6.28. The molecule has 3 rings (SSSR count). The number of nitrogens with zero attached hydrogens (tertiary/aromatic N) is 2. The number of rotatable bonds is 3. The number of likely N-dealkylation sites (tertiary alicyclic amines) is 2. The van der Waals surface area contributed by atoms with Crippen LogP contribution in [-0.4, -0.2) is 54.0 Å². The molecule has 2 N–H and O–H groups in total. The molecule has 1 aliphatic carbocycles. The fourth-order valence-electron chi connectivity index (χ4n) is 4.77. The third kappa shape index (κ3) is 3.77. The van der Waals surface area contributed by atoms with Crippen molar-refractivity contribution in [3.05, 3.63) is 0 Å². The summed E-state index contributed by atoms with van der Waals surface area (Å²) in [6, 6.07) is 0.848. The van der Waals surface area contributed by atoms with Crippen molar-refractivity contribution in [3.63, 3.8) is 0 Å². The number of fused-ring (bicyclic) bond motifs is 1. The molecule has 2 aliphatic heterocycles. The average Bonchev–Trinajstić information content (AvgIpc) is 2.91. The van der Waals surface area contributed by atoms with Gasteiger partial charge in [-0.2, -0.15) is 0 Å². The van der Waals surface area contributed by atoms with Crippen molar-refractivity contribution < 1.29 is 4.79 Å². The summed E-state index contributed by atoms with van der Waals surface area (Å²) in [7, 11) is 0. The van der Waals surface area contributed by atoms with Crippen molar-refractivity contribution in [2.45, 2.75) is 64.0 Å². The van der Waals surface area contributed by atoms with E-state index in [1.807, 2.05) is 0 Å². The largest absolute Gasteiger partial charge is 0.339 e. The van der Waals surface area contributed by atoms with Gasteiger partial charge in [0.2, 0.25) is 5.91 Å². The zero-order valence-electron chi connectivity index (χ0n) is 13.9. The Morgan fingerprint density at radius 1 is 1.14 bits per heavy atom. The fraction of sp³-hybridized carbons (Fsp3) is 0.941. The molecule has 4 nitrogen and oxygen atoms in total. The lowest BCUT2D eigenvalue weighted by Gasteiger charge is -2.36. The van der Waals surface area contributed by atoms with E-state index in [2.05, 4.69) is 16.7 Å². The zero-order chi connectivity index (χ0) is 14.8. The van der Waals surface area contributed by atoms with Crippen LogP contribution in [0, 0.1) is 11.8 Å². The van der Waals surface area contributed by atoms with Gasteiger partial charge in [0.1, 0.15) is 0 Å². The van der Waals surface area contributed by atoms with E-state index in [0.717, 1.165) is 32.0 Å². The predicted molar refractivity (Wildman–Crippen MR) is 92.1 cm³/mol. The van der Waals surface area contributed by atoms with Crippen LogP contribution in [-0.2, 0) is 4.79 Å². The van der Waals surface area contributed by atoms with E-state index in [1.54, 1.807) is 0 Å². The van der Waals surface area contributed by atoms with Gasteiger partial charge in [0, 0.05) is 31.7 Å². The molecule has 0 aromatic carbocycles. The molecule has 2 saturated heterocycles. The molecule has 0 bridgehead atoms. The molecule has 128 valence electrons. The standard InChI is InChI=1S/C17H31N3O.ClH/c1-2-14-7-3-4-9-20(14)17(21)12-19-10-13-6-5-8-16(18)15(13)11-19;/h13-16H,2-12,18H2,1H3;1H. The third-order valence-electron chi connectivity index (χ3n) is 6.01. The Morgan fingerprint density at radius 2 is 1.95 bits per heavy atom. The zero-order valence-corrected chi connectivity index (χ0v) is 14.7. The number of piperidine rings is 1. The Morgan fingerprint density at radius 3 is 2.68 bits per heavy atom. The number of hydrogen-bond donors (Lipinski definition) is 1. The second kappa shape index (κ2) is 7.98. The maximum atomic E-state index is 12.7. The van der Waals surface area contributed by atoms with Crippen LogP contribution in [0.5, 0.6) is 0 Å². The van der Waals surface area contributed by atoms with E-state index in [1.165, 1.54) is 38.5 Å². The molecule has 2 heterocycles. The minimum atomic E-state index is 0. The highest BCUT2D eigenvalue weighted by Crippen LogP contribution is 2.35. The van der Waals surface area contributed by atoms with Gasteiger partial charge in [0.05, 0.1) is 6.54 Å². The van der Waals surface area contributed by atoms with Crippen LogP contribution in [0.4, 0.5) is 0 Å². The number of hydrogen-bond acceptors (Lipinski definition) is 3. The quantitative estimate of drug-likeness (QED) is 0.864. The molecule has 1 amide bonds. The van der Waals surface area contributed by atoms with Crippen LogP contribution in [0.2, 0.25) is 0 Å². The van der Waals surface area contributed by atoms with E-state index < -0.39 is 0 Å². The maximum Gasteiger partial charge on any atom is 0.236 e. The first kappa shape index (κ1) is 18.0. The summed E-state index contributed by atoms with van der Waals surface area (Å²) >= 11 is 0. The van der Waals surface area contributed by atoms with E-state index in [4.69, 9.17) is 5.73 Å². The first-order valence-electron chi connectivity index (χ1n) is 8.96. The van der Waals surface area contributed by atoms with Gasteiger partial charge in [-0.3, -0.25) is 9.69 Å². The molecule has 4 unspecified atom stereocenters. The normalized spacial score (nSPS) is 35.8. The molecule has 4 atom stereocenters. The molecule has 0 aromatic heterocycles. The number of carbonyl (C=O) groups is 1. The Balaban J connectivity index is 0.00000176. The van der Waals surface area contributed by atoms with E-state index in [0.29, 0.717) is 30.5 Å². The van der Waals surface area contributed by atoms with Gasteiger partial charge < -0.3 is 10.6 Å². The summed E-state index contributed by atoms with van der Waals surface area (Å²) in [4.78, 5) is 17.2. The lowest BCUT2D eigenvalue weighted by Crippen LogP contribution is -2.47. The number of carbonyl (C=O) groups excluding carboxylic acids is 1. The Bertz CT molecular complexity index is 379. The van der Waals surface area contributed by atoms with Crippen LogP contribution >= 0.6 is 12.4 Å². The van der Waals surface area contributed by atoms with E-state index in [-0.39, 0.29) is 12.4 Å². The molecule has 0 spiro atoms. The molecule has 22 heavy (non-hydrogen) atoms. The van der Waals surface area contributed by atoms with Crippen molar-refractivity contribution in [2.24, 2.45) is 17.6 Å². The van der Waals surface area contributed by atoms with Crippen LogP contribution < -0.4 is 5.73 Å².